The van der Waals surface area contributed by atoms with Gasteiger partial charge in [-0.05, 0) is 26.2 Å². The van der Waals surface area contributed by atoms with Crippen molar-refractivity contribution in [2.24, 2.45) is 17.1 Å². The summed E-state index contributed by atoms with van der Waals surface area (Å²) in [6.07, 6.45) is 3.38. The first-order valence-corrected chi connectivity index (χ1v) is 7.00. The fourth-order valence-electron chi connectivity index (χ4n) is 2.22. The third-order valence-electron chi connectivity index (χ3n) is 3.83. The van der Waals surface area contributed by atoms with Crippen LogP contribution >= 0.6 is 0 Å². The summed E-state index contributed by atoms with van der Waals surface area (Å²) in [5.41, 5.74) is 5.38. The van der Waals surface area contributed by atoms with Gasteiger partial charge in [0, 0.05) is 12.1 Å². The average molecular weight is 256 g/mol. The number of nitrogens with two attached hydrogens (primary N) is 1. The first kappa shape index (κ1) is 15.4. The summed E-state index contributed by atoms with van der Waals surface area (Å²) < 4.78 is 5.30. The van der Waals surface area contributed by atoms with E-state index in [9.17, 15) is 4.79 Å². The molecule has 1 rings (SSSR count). The lowest BCUT2D eigenvalue weighted by molar-refractivity contribution is -0.131. The lowest BCUT2D eigenvalue weighted by atomic mass is 9.84. The van der Waals surface area contributed by atoms with Gasteiger partial charge in [-0.25, -0.2) is 0 Å². The van der Waals surface area contributed by atoms with E-state index in [2.05, 4.69) is 26.1 Å². The zero-order chi connectivity index (χ0) is 13.8. The minimum Gasteiger partial charge on any atom is -0.379 e. The second-order valence-electron chi connectivity index (χ2n) is 6.24. The number of hydrogen-bond donors (Lipinski definition) is 2. The molecule has 1 heterocycles. The molecule has 0 aromatic heterocycles. The molecular weight excluding hydrogens is 228 g/mol. The van der Waals surface area contributed by atoms with Crippen LogP contribution in [0, 0.1) is 11.3 Å². The summed E-state index contributed by atoms with van der Waals surface area (Å²) in [5, 5.41) is 3.07. The second-order valence-corrected chi connectivity index (χ2v) is 6.24. The van der Waals surface area contributed by atoms with Gasteiger partial charge in [0.25, 0.3) is 0 Å². The van der Waals surface area contributed by atoms with E-state index < -0.39 is 5.41 Å². The maximum atomic E-state index is 12.2. The largest absolute Gasteiger partial charge is 0.379 e. The summed E-state index contributed by atoms with van der Waals surface area (Å²) in [5.74, 6) is 0.756. The van der Waals surface area contributed by atoms with Crippen LogP contribution in [0.4, 0.5) is 0 Å². The Balaban J connectivity index is 2.35. The van der Waals surface area contributed by atoms with E-state index in [-0.39, 0.29) is 18.0 Å². The molecular formula is C14H28N2O2. The molecule has 3 unspecified atom stereocenters. The van der Waals surface area contributed by atoms with Gasteiger partial charge in [-0.2, -0.15) is 0 Å². The van der Waals surface area contributed by atoms with Crippen molar-refractivity contribution in [3.8, 4) is 0 Å². The van der Waals surface area contributed by atoms with Gasteiger partial charge in [-0.15, -0.1) is 0 Å². The van der Waals surface area contributed by atoms with E-state index in [0.717, 1.165) is 18.8 Å². The van der Waals surface area contributed by atoms with E-state index in [0.29, 0.717) is 13.2 Å². The number of nitrogens with one attached hydrogen (secondary N) is 1. The maximum Gasteiger partial charge on any atom is 0.230 e. The van der Waals surface area contributed by atoms with Crippen molar-refractivity contribution in [3.63, 3.8) is 0 Å². The SMILES string of the molecule is CC(C)CCCC(C)NC(=O)C1(C)COCC1N. The highest BCUT2D eigenvalue weighted by Crippen LogP contribution is 2.27. The minimum absolute atomic E-state index is 0.0320. The topological polar surface area (TPSA) is 64.3 Å². The predicted octanol–water partition coefficient (Wildman–Crippen LogP) is 1.68. The third-order valence-corrected chi connectivity index (χ3v) is 3.83. The monoisotopic (exact) mass is 256 g/mol. The minimum atomic E-state index is -0.563. The van der Waals surface area contributed by atoms with Gasteiger partial charge in [-0.3, -0.25) is 4.79 Å². The summed E-state index contributed by atoms with van der Waals surface area (Å²) >= 11 is 0. The van der Waals surface area contributed by atoms with Crippen LogP contribution in [0.2, 0.25) is 0 Å². The van der Waals surface area contributed by atoms with Crippen LogP contribution in [-0.2, 0) is 9.53 Å². The smallest absolute Gasteiger partial charge is 0.230 e. The molecule has 0 aliphatic carbocycles. The number of carbonyl (C=O) groups excluding carboxylic acids is 1. The molecule has 3 N–H and O–H groups in total. The number of hydrogen-bond acceptors (Lipinski definition) is 3. The van der Waals surface area contributed by atoms with E-state index in [1.807, 2.05) is 6.92 Å². The fraction of sp³-hybridized carbons (Fsp3) is 0.929. The molecule has 4 heteroatoms. The highest BCUT2D eigenvalue weighted by molar-refractivity contribution is 5.83. The molecule has 0 radical (unpaired) electrons. The standard InChI is InChI=1S/C14H28N2O2/c1-10(2)6-5-7-11(3)16-13(17)14(4)9-18-8-12(14)15/h10-12H,5-9,15H2,1-4H3,(H,16,17). The van der Waals surface area contributed by atoms with Gasteiger partial charge in [0.1, 0.15) is 0 Å². The van der Waals surface area contributed by atoms with Crippen LogP contribution in [0.3, 0.4) is 0 Å². The molecule has 1 aliphatic heterocycles. The molecule has 1 saturated heterocycles. The summed E-state index contributed by atoms with van der Waals surface area (Å²) in [4.78, 5) is 12.2. The van der Waals surface area contributed by atoms with E-state index in [1.54, 1.807) is 0 Å². The van der Waals surface area contributed by atoms with Crippen molar-refractivity contribution < 1.29 is 9.53 Å². The third kappa shape index (κ3) is 3.95. The van der Waals surface area contributed by atoms with Crippen LogP contribution in [0.5, 0.6) is 0 Å². The summed E-state index contributed by atoms with van der Waals surface area (Å²) in [7, 11) is 0. The number of amides is 1. The van der Waals surface area contributed by atoms with Crippen LogP contribution < -0.4 is 11.1 Å². The molecule has 0 saturated carbocycles. The van der Waals surface area contributed by atoms with Gasteiger partial charge in [-0.1, -0.05) is 26.7 Å². The molecule has 0 bridgehead atoms. The number of carbonyl (C=O) groups is 1. The quantitative estimate of drug-likeness (QED) is 0.760. The van der Waals surface area contributed by atoms with Crippen molar-refractivity contribution in [1.29, 1.82) is 0 Å². The highest BCUT2D eigenvalue weighted by atomic mass is 16.5. The lowest BCUT2D eigenvalue weighted by Gasteiger charge is -2.27. The Morgan fingerprint density at radius 1 is 1.44 bits per heavy atom. The Morgan fingerprint density at radius 2 is 2.11 bits per heavy atom. The average Bonchev–Trinajstić information content (AvgIpc) is 2.60. The molecule has 18 heavy (non-hydrogen) atoms. The number of rotatable bonds is 6. The van der Waals surface area contributed by atoms with E-state index in [1.165, 1.54) is 6.42 Å². The van der Waals surface area contributed by atoms with Crippen molar-refractivity contribution in [2.45, 2.75) is 59.0 Å². The van der Waals surface area contributed by atoms with Crippen molar-refractivity contribution >= 4 is 5.91 Å². The summed E-state index contributed by atoms with van der Waals surface area (Å²) in [6.45, 7) is 9.30. The fourth-order valence-corrected chi connectivity index (χ4v) is 2.22. The van der Waals surface area contributed by atoms with Crippen LogP contribution in [0.1, 0.15) is 47.0 Å². The Kier molecular flexibility index (Phi) is 5.60. The van der Waals surface area contributed by atoms with Gasteiger partial charge < -0.3 is 15.8 Å². The molecule has 0 spiro atoms. The predicted molar refractivity (Wildman–Crippen MR) is 73.2 cm³/mol. The Bertz CT molecular complexity index is 281. The zero-order valence-electron chi connectivity index (χ0n) is 12.2. The zero-order valence-corrected chi connectivity index (χ0v) is 12.2. The molecule has 1 fully saturated rings. The second kappa shape index (κ2) is 6.53. The number of ether oxygens (including phenoxy) is 1. The Hall–Kier alpha value is -0.610. The Labute approximate surface area is 111 Å². The van der Waals surface area contributed by atoms with Crippen LogP contribution in [-0.4, -0.2) is 31.2 Å². The molecule has 4 nitrogen and oxygen atoms in total. The molecule has 3 atom stereocenters. The first-order valence-electron chi connectivity index (χ1n) is 7.00. The van der Waals surface area contributed by atoms with Gasteiger partial charge in [0.05, 0.1) is 18.6 Å². The van der Waals surface area contributed by atoms with Gasteiger partial charge in [0.15, 0.2) is 0 Å². The molecule has 106 valence electrons. The summed E-state index contributed by atoms with van der Waals surface area (Å²) in [6, 6.07) is 0.0150. The van der Waals surface area contributed by atoms with E-state index >= 15 is 0 Å². The highest BCUT2D eigenvalue weighted by Gasteiger charge is 2.44. The normalized spacial score (nSPS) is 29.6. The van der Waals surface area contributed by atoms with Crippen LogP contribution in [0.25, 0.3) is 0 Å². The molecule has 1 aliphatic rings. The first-order chi connectivity index (χ1) is 8.36. The Morgan fingerprint density at radius 3 is 2.61 bits per heavy atom. The molecule has 0 aromatic rings. The lowest BCUT2D eigenvalue weighted by Crippen LogP contribution is -2.51. The van der Waals surface area contributed by atoms with Gasteiger partial charge in [0.2, 0.25) is 5.91 Å². The molecule has 1 amide bonds. The van der Waals surface area contributed by atoms with Crippen molar-refractivity contribution in [1.82, 2.24) is 5.32 Å². The van der Waals surface area contributed by atoms with Crippen molar-refractivity contribution in [3.05, 3.63) is 0 Å². The maximum absolute atomic E-state index is 12.2. The van der Waals surface area contributed by atoms with E-state index in [4.69, 9.17) is 10.5 Å². The van der Waals surface area contributed by atoms with Crippen LogP contribution in [0.15, 0.2) is 0 Å². The van der Waals surface area contributed by atoms with Crippen molar-refractivity contribution in [2.75, 3.05) is 13.2 Å². The molecule has 0 aromatic carbocycles. The van der Waals surface area contributed by atoms with Gasteiger partial charge >= 0.3 is 0 Å².